The minimum Gasteiger partial charge on any atom is -0.406 e. The van der Waals surface area contributed by atoms with Crippen LogP contribution in [0.2, 0.25) is 0 Å². The molecule has 2 heterocycles. The van der Waals surface area contributed by atoms with Crippen molar-refractivity contribution >= 4 is 40.7 Å². The van der Waals surface area contributed by atoms with E-state index in [9.17, 15) is 18.0 Å². The van der Waals surface area contributed by atoms with Crippen LogP contribution in [0, 0.1) is 0 Å². The first kappa shape index (κ1) is 27.0. The molecule has 11 heteroatoms. The molecule has 0 unspecified atom stereocenters. The average Bonchev–Trinajstić information content (AvgIpc) is 2.88. The molecule has 1 aliphatic rings. The van der Waals surface area contributed by atoms with Crippen LogP contribution in [-0.4, -0.2) is 53.2 Å². The van der Waals surface area contributed by atoms with E-state index in [2.05, 4.69) is 25.2 Å². The second-order valence-electron chi connectivity index (χ2n) is 8.77. The number of urea groups is 1. The Balaban J connectivity index is 0.00000336. The number of hydrogen-bond donors (Lipinski definition) is 1. The van der Waals surface area contributed by atoms with Crippen LogP contribution in [0.25, 0.3) is 22.0 Å². The lowest BCUT2D eigenvalue weighted by atomic mass is 10.0. The standard InChI is InChI=1S/C27H24F3N5O2.ClH/c1-18-17-34(15-16-35(18)26(36)31-20-11-13-21(14-12-20)37-27(28,29)30)25-23-10-6-5-9-22(23)24(32-33-25)19-7-3-2-4-8-19;/h2-14,18H,15-17H2,1H3,(H,31,36);1H/t18-;/m0./s1. The van der Waals surface area contributed by atoms with Crippen LogP contribution < -0.4 is 15.0 Å². The van der Waals surface area contributed by atoms with Gasteiger partial charge in [0.15, 0.2) is 5.82 Å². The van der Waals surface area contributed by atoms with Crippen molar-refractivity contribution in [3.8, 4) is 17.0 Å². The van der Waals surface area contributed by atoms with Gasteiger partial charge in [0.25, 0.3) is 0 Å². The quantitative estimate of drug-likeness (QED) is 0.324. The Hall–Kier alpha value is -4.05. The summed E-state index contributed by atoms with van der Waals surface area (Å²) in [6.45, 7) is 3.49. The van der Waals surface area contributed by atoms with Gasteiger partial charge in [0.05, 0.1) is 0 Å². The minimum absolute atomic E-state index is 0. The lowest BCUT2D eigenvalue weighted by Crippen LogP contribution is -2.55. The zero-order chi connectivity index (χ0) is 26.0. The molecule has 2 amide bonds. The van der Waals surface area contributed by atoms with Gasteiger partial charge in [0, 0.05) is 47.7 Å². The zero-order valence-corrected chi connectivity index (χ0v) is 21.2. The molecule has 1 saturated heterocycles. The van der Waals surface area contributed by atoms with E-state index in [-0.39, 0.29) is 30.2 Å². The maximum atomic E-state index is 12.9. The molecule has 0 saturated carbocycles. The number of ether oxygens (including phenoxy) is 1. The molecular weight excluding hydrogens is 519 g/mol. The molecule has 1 aromatic heterocycles. The maximum absolute atomic E-state index is 12.9. The highest BCUT2D eigenvalue weighted by atomic mass is 35.5. The van der Waals surface area contributed by atoms with Crippen molar-refractivity contribution in [1.82, 2.24) is 15.1 Å². The van der Waals surface area contributed by atoms with Crippen molar-refractivity contribution < 1.29 is 22.7 Å². The van der Waals surface area contributed by atoms with Crippen molar-refractivity contribution in [1.29, 1.82) is 0 Å². The fourth-order valence-corrected chi connectivity index (χ4v) is 4.52. The molecule has 4 aromatic rings. The van der Waals surface area contributed by atoms with E-state index >= 15 is 0 Å². The highest BCUT2D eigenvalue weighted by Gasteiger charge is 2.31. The van der Waals surface area contributed by atoms with Gasteiger partial charge >= 0.3 is 12.4 Å². The Labute approximate surface area is 223 Å². The van der Waals surface area contributed by atoms with Crippen molar-refractivity contribution in [3.63, 3.8) is 0 Å². The number of piperazine rings is 1. The van der Waals surface area contributed by atoms with Gasteiger partial charge in [-0.15, -0.1) is 35.8 Å². The van der Waals surface area contributed by atoms with Gasteiger partial charge in [-0.05, 0) is 31.2 Å². The molecule has 1 fully saturated rings. The average molecular weight is 544 g/mol. The van der Waals surface area contributed by atoms with Gasteiger partial charge < -0.3 is 19.9 Å². The second kappa shape index (κ2) is 11.1. The van der Waals surface area contributed by atoms with Gasteiger partial charge in [-0.3, -0.25) is 0 Å². The largest absolute Gasteiger partial charge is 0.573 e. The molecule has 0 bridgehead atoms. The normalized spacial score (nSPS) is 15.6. The molecule has 5 rings (SSSR count). The molecule has 1 N–H and O–H groups in total. The summed E-state index contributed by atoms with van der Waals surface area (Å²) >= 11 is 0. The molecule has 198 valence electrons. The van der Waals surface area contributed by atoms with E-state index in [1.807, 2.05) is 61.5 Å². The first-order chi connectivity index (χ1) is 17.8. The molecule has 0 radical (unpaired) electrons. The predicted molar refractivity (Wildman–Crippen MR) is 143 cm³/mol. The van der Waals surface area contributed by atoms with Crippen LogP contribution in [0.4, 0.5) is 29.5 Å². The predicted octanol–water partition coefficient (Wildman–Crippen LogP) is 6.36. The molecule has 1 aliphatic heterocycles. The van der Waals surface area contributed by atoms with Crippen LogP contribution in [0.1, 0.15) is 6.92 Å². The van der Waals surface area contributed by atoms with Crippen LogP contribution in [-0.2, 0) is 0 Å². The Morgan fingerprint density at radius 1 is 0.921 bits per heavy atom. The number of carbonyl (C=O) groups excluding carboxylic acids is 1. The highest BCUT2D eigenvalue weighted by molar-refractivity contribution is 6.00. The third-order valence-corrected chi connectivity index (χ3v) is 6.24. The number of nitrogens with zero attached hydrogens (tertiary/aromatic N) is 4. The maximum Gasteiger partial charge on any atom is 0.573 e. The molecule has 3 aromatic carbocycles. The lowest BCUT2D eigenvalue weighted by Gasteiger charge is -2.40. The number of nitrogens with one attached hydrogen (secondary N) is 1. The second-order valence-corrected chi connectivity index (χ2v) is 8.77. The lowest BCUT2D eigenvalue weighted by molar-refractivity contribution is -0.274. The Bertz CT molecular complexity index is 1400. The van der Waals surface area contributed by atoms with Crippen LogP contribution in [0.15, 0.2) is 78.9 Å². The number of rotatable bonds is 4. The summed E-state index contributed by atoms with van der Waals surface area (Å²) in [5.74, 6) is 0.418. The minimum atomic E-state index is -4.77. The van der Waals surface area contributed by atoms with Gasteiger partial charge in [0.1, 0.15) is 11.4 Å². The molecule has 0 aliphatic carbocycles. The Morgan fingerprint density at radius 3 is 2.24 bits per heavy atom. The highest BCUT2D eigenvalue weighted by Crippen LogP contribution is 2.32. The van der Waals surface area contributed by atoms with Crippen molar-refractivity contribution in [2.45, 2.75) is 19.3 Å². The summed E-state index contributed by atoms with van der Waals surface area (Å²) in [6.07, 6.45) is -4.77. The number of amides is 2. The fraction of sp³-hybridized carbons (Fsp3) is 0.222. The van der Waals surface area contributed by atoms with Gasteiger partial charge in [-0.25, -0.2) is 4.79 Å². The van der Waals surface area contributed by atoms with Crippen molar-refractivity contribution in [2.24, 2.45) is 0 Å². The third-order valence-electron chi connectivity index (χ3n) is 6.24. The van der Waals surface area contributed by atoms with Gasteiger partial charge in [0.2, 0.25) is 0 Å². The Kier molecular flexibility index (Phi) is 7.91. The first-order valence-corrected chi connectivity index (χ1v) is 11.8. The fourth-order valence-electron chi connectivity index (χ4n) is 4.52. The summed E-state index contributed by atoms with van der Waals surface area (Å²) in [4.78, 5) is 16.7. The monoisotopic (exact) mass is 543 g/mol. The van der Waals surface area contributed by atoms with E-state index in [1.165, 1.54) is 12.1 Å². The van der Waals surface area contributed by atoms with Crippen molar-refractivity contribution in [2.75, 3.05) is 29.9 Å². The number of anilines is 2. The van der Waals surface area contributed by atoms with Gasteiger partial charge in [-0.1, -0.05) is 54.6 Å². The van der Waals surface area contributed by atoms with E-state index in [0.29, 0.717) is 25.3 Å². The molecule has 0 spiro atoms. The number of aromatic nitrogens is 2. The van der Waals surface area contributed by atoms with E-state index < -0.39 is 6.36 Å². The number of alkyl halides is 3. The summed E-state index contributed by atoms with van der Waals surface area (Å²) < 4.78 is 41.0. The van der Waals surface area contributed by atoms with Gasteiger partial charge in [-0.2, -0.15) is 0 Å². The molecule has 7 nitrogen and oxygen atoms in total. The molecule has 1 atom stereocenters. The smallest absolute Gasteiger partial charge is 0.406 e. The third kappa shape index (κ3) is 5.91. The van der Waals surface area contributed by atoms with Crippen LogP contribution in [0.5, 0.6) is 5.75 Å². The van der Waals surface area contributed by atoms with Crippen molar-refractivity contribution in [3.05, 3.63) is 78.9 Å². The topological polar surface area (TPSA) is 70.6 Å². The number of hydrogen-bond acceptors (Lipinski definition) is 5. The number of benzene rings is 3. The summed E-state index contributed by atoms with van der Waals surface area (Å²) in [5, 5.41) is 13.9. The summed E-state index contributed by atoms with van der Waals surface area (Å²) in [7, 11) is 0. The van der Waals surface area contributed by atoms with E-state index in [0.717, 1.165) is 40.0 Å². The molecule has 38 heavy (non-hydrogen) atoms. The number of carbonyl (C=O) groups is 1. The Morgan fingerprint density at radius 2 is 1.58 bits per heavy atom. The van der Waals surface area contributed by atoms with E-state index in [4.69, 9.17) is 0 Å². The van der Waals surface area contributed by atoms with Crippen LogP contribution >= 0.6 is 12.4 Å². The SMILES string of the molecule is C[C@H]1CN(c2nnc(-c3ccccc3)c3ccccc23)CCN1C(=O)Nc1ccc(OC(F)(F)F)cc1.Cl. The summed E-state index contributed by atoms with van der Waals surface area (Å²) in [6, 6.07) is 22.5. The number of halogens is 4. The summed E-state index contributed by atoms with van der Waals surface area (Å²) in [5.41, 5.74) is 2.19. The number of fused-ring (bicyclic) bond motifs is 1. The van der Waals surface area contributed by atoms with E-state index in [1.54, 1.807) is 4.90 Å². The first-order valence-electron chi connectivity index (χ1n) is 11.8. The zero-order valence-electron chi connectivity index (χ0n) is 20.4. The van der Waals surface area contributed by atoms with Crippen LogP contribution in [0.3, 0.4) is 0 Å². The molecular formula is C27H25ClF3N5O2.